The summed E-state index contributed by atoms with van der Waals surface area (Å²) >= 11 is 0. The first-order valence-corrected chi connectivity index (χ1v) is 18.6. The van der Waals surface area contributed by atoms with Crippen LogP contribution in [-0.4, -0.2) is 171 Å². The highest BCUT2D eigenvalue weighted by Crippen LogP contribution is 2.35. The summed E-state index contributed by atoms with van der Waals surface area (Å²) in [6, 6.07) is 8.11. The summed E-state index contributed by atoms with van der Waals surface area (Å²) < 4.78 is 12.2. The Hall–Kier alpha value is -6.85. The number of aryl methyl sites for hydroxylation is 1. The van der Waals surface area contributed by atoms with E-state index in [0.717, 1.165) is 0 Å². The summed E-state index contributed by atoms with van der Waals surface area (Å²) in [5, 5.41) is 50.0. The molecule has 3 aromatic rings. The number of amides is 3. The van der Waals surface area contributed by atoms with Crippen molar-refractivity contribution in [1.29, 1.82) is 0 Å². The second-order valence-electron chi connectivity index (χ2n) is 13.6. The van der Waals surface area contributed by atoms with Crippen LogP contribution in [-0.2, 0) is 41.7 Å². The first-order valence-electron chi connectivity index (χ1n) is 18.6. The predicted molar refractivity (Wildman–Crippen MR) is 209 cm³/mol. The largest absolute Gasteiger partial charge is 0.480 e. The van der Waals surface area contributed by atoms with Crippen molar-refractivity contribution in [2.75, 3.05) is 84.5 Å². The van der Waals surface area contributed by atoms with E-state index in [1.165, 1.54) is 25.4 Å². The normalized spacial score (nSPS) is 12.4. The van der Waals surface area contributed by atoms with Crippen LogP contribution in [0.4, 0.5) is 5.69 Å². The highest BCUT2D eigenvalue weighted by molar-refractivity contribution is 5.96. The van der Waals surface area contributed by atoms with Crippen molar-refractivity contribution in [3.8, 4) is 11.5 Å². The molecule has 0 saturated heterocycles. The number of ether oxygens (including phenoxy) is 2. The number of aliphatic carboxylic acids is 4. The summed E-state index contributed by atoms with van der Waals surface area (Å²) in [7, 11) is 0. The highest BCUT2D eigenvalue weighted by Gasteiger charge is 2.25. The van der Waals surface area contributed by atoms with Gasteiger partial charge in [-0.1, -0.05) is 12.1 Å². The van der Waals surface area contributed by atoms with Gasteiger partial charge in [-0.05, 0) is 30.7 Å². The van der Waals surface area contributed by atoms with Gasteiger partial charge in [0.15, 0.2) is 17.2 Å². The van der Waals surface area contributed by atoms with E-state index in [0.29, 0.717) is 34.8 Å². The van der Waals surface area contributed by atoms with E-state index < -0.39 is 85.8 Å². The third-order valence-corrected chi connectivity index (χ3v) is 9.03. The van der Waals surface area contributed by atoms with Gasteiger partial charge in [-0.15, -0.1) is 0 Å². The van der Waals surface area contributed by atoms with Crippen LogP contribution >= 0.6 is 0 Å². The third-order valence-electron chi connectivity index (χ3n) is 9.03. The number of carbonyl (C=O) groups is 7. The SMILES string of the molecule is CCn1nc(C(=O)NCCNC(=O)CN(CCN(CCN(CC(=O)O)CC(=O)N[C@@H](Cc2ccc(N)cc2)C(=O)O)CC(=O)O)CC(=O)O)c(=O)c2cc3c(cc21)OCO3. The molecule has 23 nitrogen and oxygen atoms in total. The fourth-order valence-corrected chi connectivity index (χ4v) is 6.15. The van der Waals surface area contributed by atoms with E-state index in [1.54, 1.807) is 37.3 Å². The van der Waals surface area contributed by atoms with Crippen molar-refractivity contribution in [2.24, 2.45) is 0 Å². The molecule has 1 aliphatic rings. The molecule has 2 heterocycles. The van der Waals surface area contributed by atoms with Crippen LogP contribution in [0, 0.1) is 0 Å². The first kappa shape index (κ1) is 45.8. The van der Waals surface area contributed by atoms with Gasteiger partial charge in [0.05, 0.1) is 43.6 Å². The van der Waals surface area contributed by atoms with Crippen molar-refractivity contribution in [3.05, 3.63) is 57.9 Å². The summed E-state index contributed by atoms with van der Waals surface area (Å²) in [6.45, 7) is -1.35. The number of fused-ring (bicyclic) bond motifs is 2. The van der Waals surface area contributed by atoms with Gasteiger partial charge in [0.1, 0.15) is 6.04 Å². The second-order valence-corrected chi connectivity index (χ2v) is 13.6. The average molecular weight is 842 g/mol. The monoisotopic (exact) mass is 841 g/mol. The molecule has 1 aromatic heterocycles. The molecule has 0 saturated carbocycles. The molecule has 60 heavy (non-hydrogen) atoms. The summed E-state index contributed by atoms with van der Waals surface area (Å²) in [4.78, 5) is 102. The topological polar surface area (TPSA) is 326 Å². The zero-order valence-corrected chi connectivity index (χ0v) is 32.6. The molecule has 2 aromatic carbocycles. The lowest BCUT2D eigenvalue weighted by Gasteiger charge is -2.28. The van der Waals surface area contributed by atoms with Crippen LogP contribution in [0.2, 0.25) is 0 Å². The molecule has 1 aliphatic heterocycles. The smallest absolute Gasteiger partial charge is 0.326 e. The molecular weight excluding hydrogens is 794 g/mol. The standard InChI is InChI=1S/C37H47N9O14/c1-2-46-26-15-28-27(59-21-60-28)14-24(26)35(55)34(42-46)36(56)40-8-7-39-29(47)16-44(19-32(51)52)11-9-43(18-31(49)50)10-12-45(20-33(53)54)17-30(48)41-25(37(57)58)13-22-3-5-23(38)6-4-22/h3-6,14-15,25H,2,7-13,16-21,38H2,1H3,(H,39,47)(H,40,56)(H,41,48)(H,49,50)(H,51,52)(H,53,54)(H,57,58)/t25-/m0/s1. The number of nitrogens with one attached hydrogen (secondary N) is 3. The molecule has 0 bridgehead atoms. The van der Waals surface area contributed by atoms with Gasteiger partial charge >= 0.3 is 23.9 Å². The van der Waals surface area contributed by atoms with E-state index >= 15 is 0 Å². The van der Waals surface area contributed by atoms with E-state index in [9.17, 15) is 58.8 Å². The van der Waals surface area contributed by atoms with Gasteiger partial charge in [0, 0.05) is 64.0 Å². The Morgan fingerprint density at radius 2 is 1.30 bits per heavy atom. The predicted octanol–water partition coefficient (Wildman–Crippen LogP) is -2.45. The van der Waals surface area contributed by atoms with E-state index in [2.05, 4.69) is 21.0 Å². The van der Waals surface area contributed by atoms with Gasteiger partial charge < -0.3 is 51.6 Å². The Bertz CT molecular complexity index is 2130. The zero-order chi connectivity index (χ0) is 43.9. The molecule has 0 aliphatic carbocycles. The number of nitrogens with zero attached hydrogens (tertiary/aromatic N) is 5. The number of nitrogen functional groups attached to an aromatic ring is 1. The van der Waals surface area contributed by atoms with Crippen molar-refractivity contribution in [2.45, 2.75) is 25.9 Å². The Labute approximate surface area is 341 Å². The lowest BCUT2D eigenvalue weighted by Crippen LogP contribution is -2.49. The van der Waals surface area contributed by atoms with Gasteiger partial charge in [0.2, 0.25) is 24.0 Å². The van der Waals surface area contributed by atoms with Gasteiger partial charge in [0.25, 0.3) is 5.91 Å². The number of anilines is 1. The second kappa shape index (κ2) is 21.8. The molecule has 0 spiro atoms. The molecule has 4 rings (SSSR count). The molecular formula is C37H47N9O14. The first-order chi connectivity index (χ1) is 28.5. The summed E-state index contributed by atoms with van der Waals surface area (Å²) in [5.74, 6) is -6.57. The van der Waals surface area contributed by atoms with Crippen LogP contribution in [0.15, 0.2) is 41.2 Å². The number of carbonyl (C=O) groups excluding carboxylic acids is 3. The Morgan fingerprint density at radius 3 is 1.87 bits per heavy atom. The molecule has 0 unspecified atom stereocenters. The molecule has 3 amide bonds. The van der Waals surface area contributed by atoms with Crippen molar-refractivity contribution in [3.63, 3.8) is 0 Å². The summed E-state index contributed by atoms with van der Waals surface area (Å²) in [5.41, 5.74) is 6.16. The van der Waals surface area contributed by atoms with Gasteiger partial charge in [-0.25, -0.2) is 4.79 Å². The zero-order valence-electron chi connectivity index (χ0n) is 32.6. The van der Waals surface area contributed by atoms with Crippen LogP contribution in [0.3, 0.4) is 0 Å². The van der Waals surface area contributed by atoms with Crippen molar-refractivity contribution in [1.82, 2.24) is 40.4 Å². The lowest BCUT2D eigenvalue weighted by molar-refractivity contribution is -0.143. The van der Waals surface area contributed by atoms with E-state index in [4.69, 9.17) is 15.2 Å². The molecule has 0 radical (unpaired) electrons. The van der Waals surface area contributed by atoms with Crippen molar-refractivity contribution < 1.29 is 63.5 Å². The van der Waals surface area contributed by atoms with Gasteiger partial charge in [-0.3, -0.25) is 52.9 Å². The Morgan fingerprint density at radius 1 is 0.767 bits per heavy atom. The average Bonchev–Trinajstić information content (AvgIpc) is 3.64. The van der Waals surface area contributed by atoms with E-state index in [1.807, 2.05) is 0 Å². The Kier molecular flexibility index (Phi) is 16.6. The maximum atomic E-state index is 13.2. The number of hydrogen-bond donors (Lipinski definition) is 8. The minimum atomic E-state index is -1.34. The maximum absolute atomic E-state index is 13.2. The van der Waals surface area contributed by atoms with Crippen LogP contribution < -0.4 is 36.6 Å². The van der Waals surface area contributed by atoms with Gasteiger partial charge in [-0.2, -0.15) is 5.10 Å². The quantitative estimate of drug-likeness (QED) is 0.0324. The number of carboxylic acid groups (broad SMARTS) is 4. The fraction of sp³-hybridized carbons (Fsp3) is 0.432. The number of rotatable bonds is 25. The van der Waals surface area contributed by atoms with Crippen molar-refractivity contribution >= 4 is 58.2 Å². The number of benzene rings is 2. The lowest BCUT2D eigenvalue weighted by atomic mass is 10.1. The summed E-state index contributed by atoms with van der Waals surface area (Å²) in [6.07, 6.45) is -0.0742. The molecule has 23 heteroatoms. The molecule has 324 valence electrons. The van der Waals surface area contributed by atoms with E-state index in [-0.39, 0.29) is 63.6 Å². The minimum absolute atomic E-state index is 0.0122. The maximum Gasteiger partial charge on any atom is 0.326 e. The Balaban J connectivity index is 1.29. The molecule has 0 fully saturated rings. The van der Waals surface area contributed by atoms with Crippen LogP contribution in [0.5, 0.6) is 11.5 Å². The third kappa shape index (κ3) is 13.9. The van der Waals surface area contributed by atoms with Crippen LogP contribution in [0.1, 0.15) is 23.0 Å². The fourth-order valence-electron chi connectivity index (χ4n) is 6.15. The molecule has 9 N–H and O–H groups in total. The minimum Gasteiger partial charge on any atom is -0.480 e. The van der Waals surface area contributed by atoms with Crippen LogP contribution in [0.25, 0.3) is 10.9 Å². The number of aromatic nitrogens is 2. The molecule has 1 atom stereocenters. The number of hydrogen-bond acceptors (Lipinski definition) is 15. The number of carboxylic acids is 4. The number of nitrogens with two attached hydrogens (primary N) is 1. The highest BCUT2D eigenvalue weighted by atomic mass is 16.7.